The van der Waals surface area contributed by atoms with Gasteiger partial charge in [0.15, 0.2) is 0 Å². The van der Waals surface area contributed by atoms with Crippen molar-refractivity contribution in [3.05, 3.63) is 99.4 Å². The van der Waals surface area contributed by atoms with Gasteiger partial charge in [0.2, 0.25) is 0 Å². The molecule has 0 aliphatic heterocycles. The molecule has 31 heavy (non-hydrogen) atoms. The average molecular weight is 449 g/mol. The summed E-state index contributed by atoms with van der Waals surface area (Å²) in [7, 11) is 0. The normalized spacial score (nSPS) is 11.0. The van der Waals surface area contributed by atoms with Gasteiger partial charge in [0, 0.05) is 15.6 Å². The third-order valence-electron chi connectivity index (χ3n) is 4.45. The number of benzene rings is 3. The van der Waals surface area contributed by atoms with Crippen molar-refractivity contribution in [3.63, 3.8) is 0 Å². The Morgan fingerprint density at radius 1 is 1.03 bits per heavy atom. The number of hydrogen-bond acceptors (Lipinski definition) is 5. The van der Waals surface area contributed by atoms with Crippen LogP contribution in [0.4, 0.5) is 0 Å². The molecule has 1 amide bonds. The summed E-state index contributed by atoms with van der Waals surface area (Å²) in [6.45, 7) is 1.92. The molecule has 4 rings (SSSR count). The molecule has 0 aliphatic rings. The van der Waals surface area contributed by atoms with E-state index in [4.69, 9.17) is 16.3 Å². The standard InChI is InChI=1S/C24H17ClN2O3S/c1-15-6-4-8-17(12-15)23(28)27-26-14-16-7-5-9-18(13-16)30-24(29)22-21(25)19-10-2-3-11-20(19)31-22/h2-14H,1H3,(H,27,28)/b26-14+. The number of nitrogens with zero attached hydrogens (tertiary/aromatic N) is 1. The summed E-state index contributed by atoms with van der Waals surface area (Å²) >= 11 is 7.65. The Balaban J connectivity index is 1.44. The minimum absolute atomic E-state index is 0.304. The highest BCUT2D eigenvalue weighted by Gasteiger charge is 2.19. The summed E-state index contributed by atoms with van der Waals surface area (Å²) in [5.74, 6) is -0.470. The zero-order valence-corrected chi connectivity index (χ0v) is 18.0. The maximum Gasteiger partial charge on any atom is 0.355 e. The van der Waals surface area contributed by atoms with E-state index in [1.54, 1.807) is 36.4 Å². The van der Waals surface area contributed by atoms with Gasteiger partial charge in [-0.2, -0.15) is 5.10 Å². The van der Waals surface area contributed by atoms with Crippen LogP contribution in [0.5, 0.6) is 5.75 Å². The number of nitrogens with one attached hydrogen (secondary N) is 1. The van der Waals surface area contributed by atoms with Gasteiger partial charge in [0.1, 0.15) is 10.6 Å². The fourth-order valence-corrected chi connectivity index (χ4v) is 4.36. The number of fused-ring (bicyclic) bond motifs is 1. The van der Waals surface area contributed by atoms with E-state index in [1.165, 1.54) is 17.6 Å². The Bertz CT molecular complexity index is 1310. The number of carbonyl (C=O) groups is 2. The first-order chi connectivity index (χ1) is 15.0. The first kappa shape index (κ1) is 20.8. The number of ether oxygens (including phenoxy) is 1. The molecular formula is C24H17ClN2O3S. The van der Waals surface area contributed by atoms with Gasteiger partial charge >= 0.3 is 5.97 Å². The molecule has 0 saturated heterocycles. The fraction of sp³-hybridized carbons (Fsp3) is 0.0417. The van der Waals surface area contributed by atoms with Crippen LogP contribution in [0.2, 0.25) is 5.02 Å². The van der Waals surface area contributed by atoms with Gasteiger partial charge in [-0.15, -0.1) is 11.3 Å². The molecule has 5 nitrogen and oxygen atoms in total. The van der Waals surface area contributed by atoms with Crippen LogP contribution in [0, 0.1) is 6.92 Å². The average Bonchev–Trinajstić information content (AvgIpc) is 3.11. The molecule has 0 fully saturated rings. The highest BCUT2D eigenvalue weighted by Crippen LogP contribution is 2.35. The second-order valence-electron chi connectivity index (χ2n) is 6.77. The zero-order valence-electron chi connectivity index (χ0n) is 16.5. The first-order valence-corrected chi connectivity index (χ1v) is 10.6. The number of esters is 1. The summed E-state index contributed by atoms with van der Waals surface area (Å²) in [6, 6.07) is 21.6. The molecule has 0 aliphatic carbocycles. The van der Waals surface area contributed by atoms with E-state index in [9.17, 15) is 9.59 Å². The maximum atomic E-state index is 12.6. The molecule has 154 valence electrons. The zero-order chi connectivity index (χ0) is 21.8. The highest BCUT2D eigenvalue weighted by molar-refractivity contribution is 7.21. The van der Waals surface area contributed by atoms with Crippen LogP contribution in [0.3, 0.4) is 0 Å². The predicted octanol–water partition coefficient (Wildman–Crippen LogP) is 5.85. The summed E-state index contributed by atoms with van der Waals surface area (Å²) < 4.78 is 6.42. The first-order valence-electron chi connectivity index (χ1n) is 9.40. The van der Waals surface area contributed by atoms with E-state index in [2.05, 4.69) is 10.5 Å². The molecular weight excluding hydrogens is 432 g/mol. The van der Waals surface area contributed by atoms with Gasteiger partial charge in [0.05, 0.1) is 11.2 Å². The third-order valence-corrected chi connectivity index (χ3v) is 6.10. The molecule has 0 saturated carbocycles. The van der Waals surface area contributed by atoms with Crippen LogP contribution < -0.4 is 10.2 Å². The minimum atomic E-state index is -0.520. The van der Waals surface area contributed by atoms with Crippen molar-refractivity contribution in [3.8, 4) is 5.75 Å². The molecule has 7 heteroatoms. The molecule has 0 atom stereocenters. The molecule has 3 aromatic carbocycles. The van der Waals surface area contributed by atoms with Gasteiger partial charge in [-0.1, -0.05) is 59.6 Å². The summed E-state index contributed by atoms with van der Waals surface area (Å²) in [6.07, 6.45) is 1.48. The number of hydrogen-bond donors (Lipinski definition) is 1. The number of thiophene rings is 1. The lowest BCUT2D eigenvalue weighted by Gasteiger charge is -2.04. The van der Waals surface area contributed by atoms with Gasteiger partial charge < -0.3 is 4.74 Å². The van der Waals surface area contributed by atoms with E-state index in [1.807, 2.05) is 43.3 Å². The number of rotatable bonds is 5. The monoisotopic (exact) mass is 448 g/mol. The van der Waals surface area contributed by atoms with Crippen LogP contribution in [-0.2, 0) is 0 Å². The van der Waals surface area contributed by atoms with Crippen molar-refractivity contribution < 1.29 is 14.3 Å². The van der Waals surface area contributed by atoms with Crippen molar-refractivity contribution in [1.29, 1.82) is 0 Å². The number of halogens is 1. The van der Waals surface area contributed by atoms with Crippen molar-refractivity contribution in [1.82, 2.24) is 5.43 Å². The Morgan fingerprint density at radius 2 is 1.84 bits per heavy atom. The van der Waals surface area contributed by atoms with Crippen molar-refractivity contribution in [2.45, 2.75) is 6.92 Å². The maximum absolute atomic E-state index is 12.6. The van der Waals surface area contributed by atoms with Gasteiger partial charge in [0.25, 0.3) is 5.91 Å². The second kappa shape index (κ2) is 9.12. The summed E-state index contributed by atoms with van der Waals surface area (Å²) in [4.78, 5) is 25.1. The molecule has 0 bridgehead atoms. The molecule has 1 N–H and O–H groups in total. The van der Waals surface area contributed by atoms with Crippen molar-refractivity contribution in [2.24, 2.45) is 5.10 Å². The lowest BCUT2D eigenvalue weighted by atomic mass is 10.1. The Kier molecular flexibility index (Phi) is 6.11. The highest BCUT2D eigenvalue weighted by atomic mass is 35.5. The van der Waals surface area contributed by atoms with E-state index in [-0.39, 0.29) is 5.91 Å². The van der Waals surface area contributed by atoms with Crippen LogP contribution in [0.25, 0.3) is 10.1 Å². The van der Waals surface area contributed by atoms with Gasteiger partial charge in [-0.25, -0.2) is 10.2 Å². The van der Waals surface area contributed by atoms with E-state index >= 15 is 0 Å². The lowest BCUT2D eigenvalue weighted by Crippen LogP contribution is -2.17. The molecule has 0 unspecified atom stereocenters. The number of carbonyl (C=O) groups excluding carboxylic acids is 2. The minimum Gasteiger partial charge on any atom is -0.422 e. The Hall–Kier alpha value is -3.48. The Labute approximate surface area is 187 Å². The number of hydrazone groups is 1. The molecule has 0 radical (unpaired) electrons. The van der Waals surface area contributed by atoms with Gasteiger partial charge in [-0.05, 0) is 42.8 Å². The lowest BCUT2D eigenvalue weighted by molar-refractivity contribution is 0.0740. The largest absolute Gasteiger partial charge is 0.422 e. The fourth-order valence-electron chi connectivity index (χ4n) is 2.97. The topological polar surface area (TPSA) is 67.8 Å². The number of aryl methyl sites for hydroxylation is 1. The van der Waals surface area contributed by atoms with E-state index in [0.29, 0.717) is 26.8 Å². The van der Waals surface area contributed by atoms with Crippen LogP contribution in [0.15, 0.2) is 77.9 Å². The third kappa shape index (κ3) is 4.82. The molecule has 0 spiro atoms. The molecule has 4 aromatic rings. The van der Waals surface area contributed by atoms with E-state index < -0.39 is 5.97 Å². The summed E-state index contributed by atoms with van der Waals surface area (Å²) in [5, 5.41) is 5.20. The Morgan fingerprint density at radius 3 is 2.65 bits per heavy atom. The van der Waals surface area contributed by atoms with Crippen molar-refractivity contribution >= 4 is 51.1 Å². The molecule has 1 aromatic heterocycles. The quantitative estimate of drug-likeness (QED) is 0.180. The number of amides is 1. The van der Waals surface area contributed by atoms with Crippen molar-refractivity contribution in [2.75, 3.05) is 0 Å². The van der Waals surface area contributed by atoms with Crippen LogP contribution in [0.1, 0.15) is 31.2 Å². The van der Waals surface area contributed by atoms with Crippen LogP contribution >= 0.6 is 22.9 Å². The predicted molar refractivity (Wildman–Crippen MR) is 124 cm³/mol. The molecule has 1 heterocycles. The summed E-state index contributed by atoms with van der Waals surface area (Å²) in [5.41, 5.74) is 4.67. The second-order valence-corrected chi connectivity index (χ2v) is 8.20. The van der Waals surface area contributed by atoms with E-state index in [0.717, 1.165) is 15.6 Å². The SMILES string of the molecule is Cc1cccc(C(=O)N/N=C/c2cccc(OC(=O)c3sc4ccccc4c3Cl)c2)c1. The smallest absolute Gasteiger partial charge is 0.355 e. The van der Waals surface area contributed by atoms with Crippen LogP contribution in [-0.4, -0.2) is 18.1 Å². The van der Waals surface area contributed by atoms with Gasteiger partial charge in [-0.3, -0.25) is 4.79 Å².